The van der Waals surface area contributed by atoms with Crippen LogP contribution in [0.3, 0.4) is 0 Å². The molecule has 2 heterocycles. The van der Waals surface area contributed by atoms with E-state index in [1.807, 2.05) is 6.07 Å². The standard InChI is InChI=1S/C16H16FN3O/c1-11-2-3-12(6-14(11)17)4-5-16(21)20-8-13-7-18-10-19-15(13)9-20/h2-3,6-7,10H,4-5,8-9H2,1H3. The second-order valence-electron chi connectivity index (χ2n) is 5.33. The lowest BCUT2D eigenvalue weighted by Crippen LogP contribution is -2.25. The quantitative estimate of drug-likeness (QED) is 0.870. The van der Waals surface area contributed by atoms with Crippen LogP contribution in [0.5, 0.6) is 0 Å². The van der Waals surface area contributed by atoms with Crippen molar-refractivity contribution in [3.05, 3.63) is 58.9 Å². The molecule has 5 heteroatoms. The van der Waals surface area contributed by atoms with Gasteiger partial charge in [-0.25, -0.2) is 14.4 Å². The minimum atomic E-state index is -0.219. The highest BCUT2D eigenvalue weighted by Gasteiger charge is 2.23. The van der Waals surface area contributed by atoms with E-state index in [1.54, 1.807) is 24.1 Å². The van der Waals surface area contributed by atoms with Crippen LogP contribution in [0.4, 0.5) is 4.39 Å². The molecule has 3 rings (SSSR count). The molecule has 21 heavy (non-hydrogen) atoms. The minimum Gasteiger partial charge on any atom is -0.332 e. The Kier molecular flexibility index (Phi) is 3.64. The number of fused-ring (bicyclic) bond motifs is 1. The van der Waals surface area contributed by atoms with Crippen molar-refractivity contribution in [1.29, 1.82) is 0 Å². The molecule has 0 fully saturated rings. The van der Waals surface area contributed by atoms with Gasteiger partial charge in [-0.15, -0.1) is 0 Å². The molecule has 0 bridgehead atoms. The summed E-state index contributed by atoms with van der Waals surface area (Å²) in [4.78, 5) is 22.1. The van der Waals surface area contributed by atoms with E-state index >= 15 is 0 Å². The third kappa shape index (κ3) is 2.91. The Hall–Kier alpha value is -2.30. The van der Waals surface area contributed by atoms with Crippen molar-refractivity contribution >= 4 is 5.91 Å². The van der Waals surface area contributed by atoms with Crippen LogP contribution in [-0.4, -0.2) is 20.8 Å². The van der Waals surface area contributed by atoms with Crippen LogP contribution in [0.25, 0.3) is 0 Å². The van der Waals surface area contributed by atoms with Crippen molar-refractivity contribution in [2.24, 2.45) is 0 Å². The summed E-state index contributed by atoms with van der Waals surface area (Å²) in [5, 5.41) is 0. The van der Waals surface area contributed by atoms with E-state index in [9.17, 15) is 9.18 Å². The zero-order valence-corrected chi connectivity index (χ0v) is 11.8. The van der Waals surface area contributed by atoms with Gasteiger partial charge in [0.1, 0.15) is 12.1 Å². The lowest BCUT2D eigenvalue weighted by Gasteiger charge is -2.15. The minimum absolute atomic E-state index is 0.0639. The Morgan fingerprint density at radius 3 is 3.00 bits per heavy atom. The number of hydrogen-bond donors (Lipinski definition) is 0. The Balaban J connectivity index is 1.59. The Labute approximate surface area is 122 Å². The largest absolute Gasteiger partial charge is 0.332 e. The van der Waals surface area contributed by atoms with E-state index in [0.29, 0.717) is 31.5 Å². The summed E-state index contributed by atoms with van der Waals surface area (Å²) < 4.78 is 13.5. The first-order valence-electron chi connectivity index (χ1n) is 6.94. The zero-order chi connectivity index (χ0) is 14.8. The van der Waals surface area contributed by atoms with Crippen molar-refractivity contribution in [2.75, 3.05) is 0 Å². The number of amides is 1. The van der Waals surface area contributed by atoms with Gasteiger partial charge in [0.05, 0.1) is 12.2 Å². The lowest BCUT2D eigenvalue weighted by molar-refractivity contribution is -0.131. The van der Waals surface area contributed by atoms with Crippen LogP contribution in [0.15, 0.2) is 30.7 Å². The third-order valence-corrected chi connectivity index (χ3v) is 3.80. The highest BCUT2D eigenvalue weighted by molar-refractivity contribution is 5.77. The Bertz CT molecular complexity index is 662. The Morgan fingerprint density at radius 2 is 2.24 bits per heavy atom. The van der Waals surface area contributed by atoms with Gasteiger partial charge in [0, 0.05) is 24.7 Å². The molecule has 1 aromatic carbocycles. The number of rotatable bonds is 3. The Morgan fingerprint density at radius 1 is 1.38 bits per heavy atom. The van der Waals surface area contributed by atoms with Gasteiger partial charge in [-0.2, -0.15) is 0 Å². The summed E-state index contributed by atoms with van der Waals surface area (Å²) >= 11 is 0. The second-order valence-corrected chi connectivity index (χ2v) is 5.33. The van der Waals surface area contributed by atoms with Gasteiger partial charge >= 0.3 is 0 Å². The van der Waals surface area contributed by atoms with Crippen LogP contribution < -0.4 is 0 Å². The lowest BCUT2D eigenvalue weighted by atomic mass is 10.1. The molecule has 1 aromatic heterocycles. The normalized spacial score (nSPS) is 13.3. The van der Waals surface area contributed by atoms with Gasteiger partial charge in [-0.1, -0.05) is 12.1 Å². The first kappa shape index (κ1) is 13.7. The molecule has 0 unspecified atom stereocenters. The van der Waals surface area contributed by atoms with Gasteiger partial charge in [-0.3, -0.25) is 4.79 Å². The van der Waals surface area contributed by atoms with E-state index in [4.69, 9.17) is 0 Å². The van der Waals surface area contributed by atoms with Gasteiger partial charge < -0.3 is 4.90 Å². The van der Waals surface area contributed by atoms with Gasteiger partial charge in [0.25, 0.3) is 0 Å². The maximum Gasteiger partial charge on any atom is 0.223 e. The molecule has 108 valence electrons. The number of hydrogen-bond acceptors (Lipinski definition) is 3. The molecule has 1 aliphatic rings. The van der Waals surface area contributed by atoms with Crippen molar-refractivity contribution in [3.8, 4) is 0 Å². The van der Waals surface area contributed by atoms with Crippen molar-refractivity contribution in [1.82, 2.24) is 14.9 Å². The van der Waals surface area contributed by atoms with Gasteiger partial charge in [-0.05, 0) is 30.5 Å². The maximum atomic E-state index is 13.5. The van der Waals surface area contributed by atoms with E-state index in [0.717, 1.165) is 16.8 Å². The van der Waals surface area contributed by atoms with Crippen LogP contribution in [0, 0.1) is 12.7 Å². The second kappa shape index (κ2) is 5.60. The fourth-order valence-electron chi connectivity index (χ4n) is 2.48. The predicted octanol–water partition coefficient (Wildman–Crippen LogP) is 2.40. The number of nitrogens with zero attached hydrogens (tertiary/aromatic N) is 3. The van der Waals surface area contributed by atoms with Gasteiger partial charge in [0.2, 0.25) is 5.91 Å². The van der Waals surface area contributed by atoms with Gasteiger partial charge in [0.15, 0.2) is 0 Å². The molecule has 0 atom stereocenters. The first-order chi connectivity index (χ1) is 10.1. The summed E-state index contributed by atoms with van der Waals surface area (Å²) in [5.41, 5.74) is 3.40. The van der Waals surface area contributed by atoms with Crippen LogP contribution in [-0.2, 0) is 24.3 Å². The number of aromatic nitrogens is 2. The molecule has 0 aliphatic carbocycles. The highest BCUT2D eigenvalue weighted by atomic mass is 19.1. The molecule has 0 saturated heterocycles. The molecular weight excluding hydrogens is 269 g/mol. The maximum absolute atomic E-state index is 13.5. The smallest absolute Gasteiger partial charge is 0.223 e. The van der Waals surface area contributed by atoms with Crippen molar-refractivity contribution in [2.45, 2.75) is 32.9 Å². The molecule has 2 aromatic rings. The van der Waals surface area contributed by atoms with E-state index in [1.165, 1.54) is 12.4 Å². The molecule has 4 nitrogen and oxygen atoms in total. The topological polar surface area (TPSA) is 46.1 Å². The molecule has 0 saturated carbocycles. The van der Waals surface area contributed by atoms with Crippen molar-refractivity contribution < 1.29 is 9.18 Å². The van der Waals surface area contributed by atoms with E-state index in [2.05, 4.69) is 9.97 Å². The first-order valence-corrected chi connectivity index (χ1v) is 6.94. The molecule has 0 spiro atoms. The number of benzene rings is 1. The summed E-state index contributed by atoms with van der Waals surface area (Å²) in [6.45, 7) is 2.84. The molecule has 1 amide bonds. The predicted molar refractivity (Wildman–Crippen MR) is 75.7 cm³/mol. The fraction of sp³-hybridized carbons (Fsp3) is 0.312. The van der Waals surface area contributed by atoms with Crippen LogP contribution >= 0.6 is 0 Å². The summed E-state index contributed by atoms with van der Waals surface area (Å²) in [6, 6.07) is 5.12. The SMILES string of the molecule is Cc1ccc(CCC(=O)N2Cc3cncnc3C2)cc1F. The number of halogens is 1. The van der Waals surface area contributed by atoms with E-state index < -0.39 is 0 Å². The number of carbonyl (C=O) groups excluding carboxylic acids is 1. The highest BCUT2D eigenvalue weighted by Crippen LogP contribution is 2.20. The third-order valence-electron chi connectivity index (χ3n) is 3.80. The monoisotopic (exact) mass is 285 g/mol. The van der Waals surface area contributed by atoms with E-state index in [-0.39, 0.29) is 11.7 Å². The molecular formula is C16H16FN3O. The fourth-order valence-corrected chi connectivity index (χ4v) is 2.48. The summed E-state index contributed by atoms with van der Waals surface area (Å²) in [6.07, 6.45) is 4.19. The molecule has 1 aliphatic heterocycles. The summed E-state index contributed by atoms with van der Waals surface area (Å²) in [7, 11) is 0. The average molecular weight is 285 g/mol. The number of aryl methyl sites for hydroxylation is 2. The average Bonchev–Trinajstić information content (AvgIpc) is 2.92. The molecule has 0 N–H and O–H groups in total. The van der Waals surface area contributed by atoms with Crippen molar-refractivity contribution in [3.63, 3.8) is 0 Å². The van der Waals surface area contributed by atoms with Crippen LogP contribution in [0.1, 0.15) is 28.8 Å². The zero-order valence-electron chi connectivity index (χ0n) is 11.8. The summed E-state index contributed by atoms with van der Waals surface area (Å²) in [5.74, 6) is -0.155. The van der Waals surface area contributed by atoms with Crippen LogP contribution in [0.2, 0.25) is 0 Å². The number of carbonyl (C=O) groups is 1. The molecule has 0 radical (unpaired) electrons.